The lowest BCUT2D eigenvalue weighted by Crippen LogP contribution is -2.17. The molecule has 3 nitrogen and oxygen atoms in total. The topological polar surface area (TPSA) is 64.4 Å². The minimum Gasteiger partial charge on any atom is -0.382 e. The second-order valence-electron chi connectivity index (χ2n) is 8.75. The molecule has 0 unspecified atom stereocenters. The molecule has 0 aliphatic carbocycles. The lowest BCUT2D eigenvalue weighted by molar-refractivity contribution is 0.536. The van der Waals surface area contributed by atoms with Crippen LogP contribution in [-0.4, -0.2) is 5.84 Å². The molecule has 0 aliphatic heterocycles. The van der Waals surface area contributed by atoms with Gasteiger partial charge in [0.25, 0.3) is 0 Å². The number of aryl methyl sites for hydroxylation is 2. The van der Waals surface area contributed by atoms with Crippen LogP contribution < -0.4 is 11.6 Å². The predicted octanol–water partition coefficient (Wildman–Crippen LogP) is 7.12. The molecular formula is C28H43N3. The van der Waals surface area contributed by atoms with Crippen molar-refractivity contribution < 1.29 is 0 Å². The van der Waals surface area contributed by atoms with E-state index in [2.05, 4.69) is 47.6 Å². The number of hydrogen-bond donors (Lipinski definition) is 2. The van der Waals surface area contributed by atoms with E-state index in [-0.39, 0.29) is 0 Å². The molecule has 0 radical (unpaired) electrons. The van der Waals surface area contributed by atoms with Crippen LogP contribution in [0.4, 0.5) is 0 Å². The molecule has 0 amide bonds. The van der Waals surface area contributed by atoms with Gasteiger partial charge >= 0.3 is 0 Å². The van der Waals surface area contributed by atoms with Crippen LogP contribution in [0.25, 0.3) is 0 Å². The number of unbranched alkanes of at least 4 members (excludes halogenated alkanes) is 12. The van der Waals surface area contributed by atoms with Crippen molar-refractivity contribution >= 4 is 5.84 Å². The highest BCUT2D eigenvalue weighted by molar-refractivity contribution is 5.98. The van der Waals surface area contributed by atoms with E-state index >= 15 is 0 Å². The molecule has 2 aromatic rings. The molecular weight excluding hydrogens is 378 g/mol. The summed E-state index contributed by atoms with van der Waals surface area (Å²) in [5, 5.41) is 3.64. The minimum absolute atomic E-state index is 0.433. The van der Waals surface area contributed by atoms with E-state index < -0.39 is 0 Å². The first-order valence-corrected chi connectivity index (χ1v) is 12.5. The number of rotatable bonds is 17. The first-order valence-electron chi connectivity index (χ1n) is 12.5. The Kier molecular flexibility index (Phi) is 13.2. The van der Waals surface area contributed by atoms with E-state index in [0.29, 0.717) is 5.84 Å². The summed E-state index contributed by atoms with van der Waals surface area (Å²) >= 11 is 0. The van der Waals surface area contributed by atoms with E-state index in [1.165, 1.54) is 101 Å². The molecule has 0 heterocycles. The first-order chi connectivity index (χ1) is 15.3. The zero-order chi connectivity index (χ0) is 22.0. The van der Waals surface area contributed by atoms with Gasteiger partial charge < -0.3 is 11.6 Å². The third-order valence-electron chi connectivity index (χ3n) is 6.19. The summed E-state index contributed by atoms with van der Waals surface area (Å²) in [4.78, 5) is 0. The fourth-order valence-corrected chi connectivity index (χ4v) is 4.29. The van der Waals surface area contributed by atoms with Gasteiger partial charge in [-0.1, -0.05) is 125 Å². The van der Waals surface area contributed by atoms with Crippen molar-refractivity contribution in [2.45, 2.75) is 96.3 Å². The van der Waals surface area contributed by atoms with Gasteiger partial charge in [0.05, 0.1) is 0 Å². The Morgan fingerprint density at radius 2 is 1.00 bits per heavy atom. The molecule has 0 atom stereocenters. The molecule has 0 bridgehead atoms. The van der Waals surface area contributed by atoms with Gasteiger partial charge in [-0.15, -0.1) is 0 Å². The first kappa shape index (κ1) is 25.0. The van der Waals surface area contributed by atoms with Crippen molar-refractivity contribution in [1.29, 1.82) is 0 Å². The highest BCUT2D eigenvalue weighted by atomic mass is 15.2. The number of hydrogen-bond acceptors (Lipinski definition) is 2. The molecule has 3 heteroatoms. The number of nitrogens with two attached hydrogens (primary N) is 2. The molecule has 0 saturated carbocycles. The van der Waals surface area contributed by atoms with Crippen LogP contribution in [0, 0.1) is 0 Å². The standard InChI is InChI=1S/C28H43N3/c29-28(31-30)27-24-18-17-23-26(27)22-16-11-9-7-5-3-1-2-4-6-8-10-13-19-25-20-14-12-15-21-25/h12,14-15,17-18,20-21,23-24H,1-11,13,16,19,22,30H2,(H2,29,31). The zero-order valence-electron chi connectivity index (χ0n) is 19.4. The van der Waals surface area contributed by atoms with Crippen molar-refractivity contribution in [3.8, 4) is 0 Å². The zero-order valence-corrected chi connectivity index (χ0v) is 19.4. The molecule has 0 aliphatic rings. The summed E-state index contributed by atoms with van der Waals surface area (Å²) in [6, 6.07) is 19.1. The summed E-state index contributed by atoms with van der Waals surface area (Å²) < 4.78 is 0. The molecule has 170 valence electrons. The Hall–Kier alpha value is -2.29. The molecule has 0 fully saturated rings. The second-order valence-corrected chi connectivity index (χ2v) is 8.75. The maximum absolute atomic E-state index is 5.89. The van der Waals surface area contributed by atoms with Crippen LogP contribution in [0.1, 0.15) is 100 Å². The van der Waals surface area contributed by atoms with Gasteiger partial charge in [-0.3, -0.25) is 0 Å². The molecule has 0 saturated heterocycles. The van der Waals surface area contributed by atoms with Crippen molar-refractivity contribution in [2.75, 3.05) is 0 Å². The van der Waals surface area contributed by atoms with Crippen LogP contribution in [-0.2, 0) is 12.8 Å². The molecule has 2 rings (SSSR count). The number of nitrogens with zero attached hydrogens (tertiary/aromatic N) is 1. The summed E-state index contributed by atoms with van der Waals surface area (Å²) in [6.45, 7) is 0. The highest BCUT2D eigenvalue weighted by Gasteiger charge is 2.05. The van der Waals surface area contributed by atoms with Crippen molar-refractivity contribution in [3.63, 3.8) is 0 Å². The van der Waals surface area contributed by atoms with Crippen LogP contribution >= 0.6 is 0 Å². The van der Waals surface area contributed by atoms with E-state index in [1.807, 2.05) is 12.1 Å². The molecule has 31 heavy (non-hydrogen) atoms. The predicted molar refractivity (Wildman–Crippen MR) is 135 cm³/mol. The van der Waals surface area contributed by atoms with Gasteiger partial charge in [0, 0.05) is 5.56 Å². The summed E-state index contributed by atoms with van der Waals surface area (Å²) in [5.41, 5.74) is 9.62. The van der Waals surface area contributed by atoms with Crippen molar-refractivity contribution in [1.82, 2.24) is 0 Å². The Labute approximate surface area is 190 Å². The summed E-state index contributed by atoms with van der Waals surface area (Å²) in [7, 11) is 0. The molecule has 0 aromatic heterocycles. The molecule has 0 spiro atoms. The third kappa shape index (κ3) is 11.1. The van der Waals surface area contributed by atoms with Gasteiger partial charge in [-0.2, -0.15) is 5.10 Å². The van der Waals surface area contributed by atoms with Gasteiger partial charge in [0.1, 0.15) is 0 Å². The van der Waals surface area contributed by atoms with Crippen molar-refractivity contribution in [2.24, 2.45) is 16.7 Å². The van der Waals surface area contributed by atoms with Gasteiger partial charge in [0.2, 0.25) is 0 Å². The average Bonchev–Trinajstić information content (AvgIpc) is 2.82. The third-order valence-corrected chi connectivity index (χ3v) is 6.19. The quantitative estimate of drug-likeness (QED) is 0.0938. The van der Waals surface area contributed by atoms with Gasteiger partial charge in [0.15, 0.2) is 5.84 Å². The van der Waals surface area contributed by atoms with E-state index in [0.717, 1.165) is 12.0 Å². The second kappa shape index (κ2) is 16.4. The lowest BCUT2D eigenvalue weighted by atomic mass is 9.99. The van der Waals surface area contributed by atoms with Crippen LogP contribution in [0.5, 0.6) is 0 Å². The highest BCUT2D eigenvalue weighted by Crippen LogP contribution is 2.16. The summed E-state index contributed by atoms with van der Waals surface area (Å²) in [5.74, 6) is 5.77. The SMILES string of the molecule is NN=C(N)c1ccccc1CCCCCCCCCCCCCCCc1ccccc1. The molecule has 4 N–H and O–H groups in total. The Bertz CT molecular complexity index is 724. The summed E-state index contributed by atoms with van der Waals surface area (Å²) in [6.07, 6.45) is 20.1. The molecule has 2 aromatic carbocycles. The Morgan fingerprint density at radius 1 is 0.548 bits per heavy atom. The van der Waals surface area contributed by atoms with Gasteiger partial charge in [-0.05, 0) is 36.8 Å². The largest absolute Gasteiger partial charge is 0.382 e. The fraction of sp³-hybridized carbons (Fsp3) is 0.536. The van der Waals surface area contributed by atoms with E-state index in [4.69, 9.17) is 11.6 Å². The maximum Gasteiger partial charge on any atom is 0.150 e. The number of amidine groups is 1. The number of hydrazone groups is 1. The average molecular weight is 422 g/mol. The monoisotopic (exact) mass is 421 g/mol. The lowest BCUT2D eigenvalue weighted by Gasteiger charge is -2.08. The van der Waals surface area contributed by atoms with Gasteiger partial charge in [-0.25, -0.2) is 0 Å². The minimum atomic E-state index is 0.433. The van der Waals surface area contributed by atoms with Crippen LogP contribution in [0.3, 0.4) is 0 Å². The fourth-order valence-electron chi connectivity index (χ4n) is 4.29. The maximum atomic E-state index is 5.89. The normalized spacial score (nSPS) is 11.7. The van der Waals surface area contributed by atoms with Crippen LogP contribution in [0.2, 0.25) is 0 Å². The number of benzene rings is 2. The van der Waals surface area contributed by atoms with Crippen molar-refractivity contribution in [3.05, 3.63) is 71.3 Å². The van der Waals surface area contributed by atoms with E-state index in [1.54, 1.807) is 0 Å². The smallest absolute Gasteiger partial charge is 0.150 e. The Morgan fingerprint density at radius 3 is 1.55 bits per heavy atom. The van der Waals surface area contributed by atoms with Crippen LogP contribution in [0.15, 0.2) is 59.7 Å². The van der Waals surface area contributed by atoms with E-state index in [9.17, 15) is 0 Å². The Balaban J connectivity index is 1.36.